The normalized spacial score (nSPS) is 16.3. The summed E-state index contributed by atoms with van der Waals surface area (Å²) in [5.74, 6) is -0.0828. The molecule has 0 bridgehead atoms. The Morgan fingerprint density at radius 2 is 2.00 bits per heavy atom. The molecule has 1 amide bonds. The van der Waals surface area contributed by atoms with E-state index in [4.69, 9.17) is 15.2 Å². The number of nitrogens with zero attached hydrogens (tertiary/aromatic N) is 1. The van der Waals surface area contributed by atoms with Crippen LogP contribution < -0.4 is 15.8 Å². The van der Waals surface area contributed by atoms with Crippen molar-refractivity contribution in [2.75, 3.05) is 38.2 Å². The number of carbonyl (C=O) groups excluding carboxylic acids is 1. The van der Waals surface area contributed by atoms with Crippen molar-refractivity contribution in [3.8, 4) is 5.75 Å². The Morgan fingerprint density at radius 3 is 2.59 bits per heavy atom. The van der Waals surface area contributed by atoms with Crippen LogP contribution in [0.4, 0.5) is 5.69 Å². The van der Waals surface area contributed by atoms with E-state index in [1.807, 2.05) is 6.92 Å². The quantitative estimate of drug-likeness (QED) is 0.659. The molecule has 1 aromatic carbocycles. The molecule has 2 rings (SSSR count). The van der Waals surface area contributed by atoms with Crippen molar-refractivity contribution >= 4 is 34.0 Å². The molecule has 0 saturated carbocycles. The van der Waals surface area contributed by atoms with Crippen molar-refractivity contribution in [3.05, 3.63) is 18.2 Å². The number of nitrogens with one attached hydrogen (secondary N) is 1. The SMILES string of the molecule is CCCC(N)C(=O)Nc1ccc(OCC)c(S(=O)(=O)N2CCOCC2)c1.Cl. The highest BCUT2D eigenvalue weighted by Crippen LogP contribution is 2.30. The summed E-state index contributed by atoms with van der Waals surface area (Å²) in [5, 5.41) is 2.68. The minimum atomic E-state index is -3.76. The third-order valence-corrected chi connectivity index (χ3v) is 5.96. The van der Waals surface area contributed by atoms with E-state index in [1.54, 1.807) is 19.1 Å². The smallest absolute Gasteiger partial charge is 0.246 e. The van der Waals surface area contributed by atoms with E-state index in [9.17, 15) is 13.2 Å². The predicted octanol–water partition coefficient (Wildman–Crippen LogP) is 1.59. The van der Waals surface area contributed by atoms with Crippen molar-refractivity contribution in [2.45, 2.75) is 37.6 Å². The van der Waals surface area contributed by atoms with Gasteiger partial charge in [0.25, 0.3) is 0 Å². The molecule has 10 heteroatoms. The van der Waals surface area contributed by atoms with Gasteiger partial charge in [-0.2, -0.15) is 4.31 Å². The summed E-state index contributed by atoms with van der Waals surface area (Å²) in [4.78, 5) is 12.2. The second-order valence-corrected chi connectivity index (χ2v) is 7.90. The molecule has 0 aromatic heterocycles. The number of benzene rings is 1. The van der Waals surface area contributed by atoms with Crippen LogP contribution in [0.5, 0.6) is 5.75 Å². The van der Waals surface area contributed by atoms with E-state index in [0.29, 0.717) is 31.9 Å². The fourth-order valence-electron chi connectivity index (χ4n) is 2.67. The molecule has 1 unspecified atom stereocenters. The van der Waals surface area contributed by atoms with Gasteiger partial charge >= 0.3 is 0 Å². The topological polar surface area (TPSA) is 111 Å². The van der Waals surface area contributed by atoms with Crippen LogP contribution in [-0.2, 0) is 19.6 Å². The Morgan fingerprint density at radius 1 is 1.33 bits per heavy atom. The lowest BCUT2D eigenvalue weighted by molar-refractivity contribution is -0.117. The van der Waals surface area contributed by atoms with Gasteiger partial charge in [-0.05, 0) is 31.5 Å². The number of amides is 1. The highest BCUT2D eigenvalue weighted by molar-refractivity contribution is 7.89. The number of carbonyl (C=O) groups is 1. The molecule has 3 N–H and O–H groups in total. The number of halogens is 1. The van der Waals surface area contributed by atoms with Gasteiger partial charge in [-0.25, -0.2) is 8.42 Å². The molecule has 1 aliphatic rings. The van der Waals surface area contributed by atoms with Gasteiger partial charge in [-0.3, -0.25) is 4.79 Å². The molecule has 8 nitrogen and oxygen atoms in total. The molecular formula is C17H28ClN3O5S. The number of anilines is 1. The number of hydrogen-bond acceptors (Lipinski definition) is 6. The average molecular weight is 422 g/mol. The van der Waals surface area contributed by atoms with Gasteiger partial charge in [0.15, 0.2) is 0 Å². The molecule has 27 heavy (non-hydrogen) atoms. The van der Waals surface area contributed by atoms with E-state index in [2.05, 4.69) is 5.32 Å². The lowest BCUT2D eigenvalue weighted by Gasteiger charge is -2.27. The van der Waals surface area contributed by atoms with Gasteiger partial charge < -0.3 is 20.5 Å². The second-order valence-electron chi connectivity index (χ2n) is 6.00. The fourth-order valence-corrected chi connectivity index (χ4v) is 4.23. The summed E-state index contributed by atoms with van der Waals surface area (Å²) in [5.41, 5.74) is 6.19. The van der Waals surface area contributed by atoms with Crippen molar-refractivity contribution in [3.63, 3.8) is 0 Å². The van der Waals surface area contributed by atoms with E-state index in [1.165, 1.54) is 10.4 Å². The van der Waals surface area contributed by atoms with Crippen molar-refractivity contribution < 1.29 is 22.7 Å². The van der Waals surface area contributed by atoms with E-state index in [0.717, 1.165) is 6.42 Å². The predicted molar refractivity (Wildman–Crippen MR) is 106 cm³/mol. The maximum atomic E-state index is 13.0. The first kappa shape index (κ1) is 23.6. The third-order valence-electron chi connectivity index (χ3n) is 4.04. The molecule has 1 aliphatic heterocycles. The molecule has 0 radical (unpaired) electrons. The number of nitrogens with two attached hydrogens (primary N) is 1. The van der Waals surface area contributed by atoms with Crippen LogP contribution in [0.3, 0.4) is 0 Å². The van der Waals surface area contributed by atoms with Crippen LogP contribution in [-0.4, -0.2) is 57.6 Å². The monoisotopic (exact) mass is 421 g/mol. The largest absolute Gasteiger partial charge is 0.492 e. The second kappa shape index (κ2) is 10.8. The summed E-state index contributed by atoms with van der Waals surface area (Å²) >= 11 is 0. The summed E-state index contributed by atoms with van der Waals surface area (Å²) < 4.78 is 38.1. The van der Waals surface area contributed by atoms with Gasteiger partial charge in [-0.15, -0.1) is 12.4 Å². The van der Waals surface area contributed by atoms with Gasteiger partial charge in [0.2, 0.25) is 15.9 Å². The van der Waals surface area contributed by atoms with Crippen LogP contribution in [0.25, 0.3) is 0 Å². The summed E-state index contributed by atoms with van der Waals surface area (Å²) in [7, 11) is -3.76. The maximum Gasteiger partial charge on any atom is 0.246 e. The van der Waals surface area contributed by atoms with Crippen LogP contribution >= 0.6 is 12.4 Å². The Bertz CT molecular complexity index is 723. The molecule has 1 heterocycles. The first-order chi connectivity index (χ1) is 12.4. The summed E-state index contributed by atoms with van der Waals surface area (Å²) in [6, 6.07) is 3.95. The van der Waals surface area contributed by atoms with Crippen LogP contribution in [0.1, 0.15) is 26.7 Å². The summed E-state index contributed by atoms with van der Waals surface area (Å²) in [6.07, 6.45) is 1.34. The van der Waals surface area contributed by atoms with Crippen molar-refractivity contribution in [1.29, 1.82) is 0 Å². The lowest BCUT2D eigenvalue weighted by Crippen LogP contribution is -2.40. The van der Waals surface area contributed by atoms with E-state index < -0.39 is 16.1 Å². The fraction of sp³-hybridized carbons (Fsp3) is 0.588. The Labute approximate surface area is 166 Å². The van der Waals surface area contributed by atoms with Crippen LogP contribution in [0.15, 0.2) is 23.1 Å². The van der Waals surface area contributed by atoms with Gasteiger partial charge in [0.05, 0.1) is 25.9 Å². The number of sulfonamides is 1. The first-order valence-corrected chi connectivity index (χ1v) is 10.2. The highest BCUT2D eigenvalue weighted by atomic mass is 35.5. The van der Waals surface area contributed by atoms with E-state index in [-0.39, 0.29) is 42.0 Å². The maximum absolute atomic E-state index is 13.0. The van der Waals surface area contributed by atoms with Crippen LogP contribution in [0, 0.1) is 0 Å². The zero-order valence-corrected chi connectivity index (χ0v) is 17.3. The number of hydrogen-bond donors (Lipinski definition) is 2. The lowest BCUT2D eigenvalue weighted by atomic mass is 10.1. The molecule has 1 saturated heterocycles. The number of ether oxygens (including phenoxy) is 2. The van der Waals surface area contributed by atoms with Gasteiger partial charge in [0, 0.05) is 18.8 Å². The molecule has 1 aromatic rings. The average Bonchev–Trinajstić information content (AvgIpc) is 2.64. The summed E-state index contributed by atoms with van der Waals surface area (Å²) in [6.45, 7) is 5.33. The molecule has 1 fully saturated rings. The van der Waals surface area contributed by atoms with Gasteiger partial charge in [0.1, 0.15) is 10.6 Å². The van der Waals surface area contributed by atoms with Crippen molar-refractivity contribution in [2.24, 2.45) is 5.73 Å². The molecule has 0 aliphatic carbocycles. The molecule has 0 spiro atoms. The van der Waals surface area contributed by atoms with E-state index >= 15 is 0 Å². The molecular weight excluding hydrogens is 394 g/mol. The minimum Gasteiger partial charge on any atom is -0.492 e. The third kappa shape index (κ3) is 6.05. The highest BCUT2D eigenvalue weighted by Gasteiger charge is 2.30. The number of morpholine rings is 1. The zero-order chi connectivity index (χ0) is 19.2. The molecule has 1 atom stereocenters. The first-order valence-electron chi connectivity index (χ1n) is 8.81. The van der Waals surface area contributed by atoms with Crippen molar-refractivity contribution in [1.82, 2.24) is 4.31 Å². The number of rotatable bonds is 8. The van der Waals surface area contributed by atoms with Crippen LogP contribution in [0.2, 0.25) is 0 Å². The Kier molecular flexibility index (Phi) is 9.48. The minimum absolute atomic E-state index is 0. The standard InChI is InChI=1S/C17H27N3O5S.ClH/c1-3-5-14(18)17(21)19-13-6-7-15(25-4-2)16(12-13)26(22,23)20-8-10-24-11-9-20;/h6-7,12,14H,3-5,8-11,18H2,1-2H3,(H,19,21);1H. The Balaban J connectivity index is 0.00000364. The molecule has 154 valence electrons. The van der Waals surface area contributed by atoms with Gasteiger partial charge in [-0.1, -0.05) is 13.3 Å². The zero-order valence-electron chi connectivity index (χ0n) is 15.6. The Hall–Kier alpha value is -1.39.